The highest BCUT2D eigenvalue weighted by Gasteiger charge is 2.17. The first-order valence-electron chi connectivity index (χ1n) is 6.76. The number of carbonyl (C=O) groups excluding carboxylic acids is 1. The zero-order valence-corrected chi connectivity index (χ0v) is 12.1. The minimum atomic E-state index is -1.14. The second-order valence-electron chi connectivity index (χ2n) is 4.70. The molecule has 3 aromatic rings. The van der Waals surface area contributed by atoms with E-state index in [9.17, 15) is 13.6 Å². The summed E-state index contributed by atoms with van der Waals surface area (Å²) in [4.78, 5) is 16.3. The Labute approximate surface area is 135 Å². The van der Waals surface area contributed by atoms with Crippen LogP contribution >= 0.6 is 0 Å². The maximum absolute atomic E-state index is 13.3. The maximum Gasteiger partial charge on any atom is 0.256 e. The Hall–Kier alpha value is -3.60. The van der Waals surface area contributed by atoms with E-state index in [4.69, 9.17) is 5.26 Å². The number of nitrogens with zero attached hydrogens (tertiary/aromatic N) is 4. The highest BCUT2D eigenvalue weighted by Crippen LogP contribution is 2.19. The van der Waals surface area contributed by atoms with Crippen molar-refractivity contribution in [3.63, 3.8) is 0 Å². The molecule has 1 amide bonds. The molecule has 1 aromatic carbocycles. The van der Waals surface area contributed by atoms with Crippen LogP contribution in [0.15, 0.2) is 48.8 Å². The van der Waals surface area contributed by atoms with Gasteiger partial charge in [-0.25, -0.2) is 13.8 Å². The minimum absolute atomic E-state index is 0.0888. The molecule has 0 saturated carbocycles. The average Bonchev–Trinajstić information content (AvgIpc) is 3.00. The second-order valence-corrected chi connectivity index (χ2v) is 4.70. The number of aromatic nitrogens is 3. The van der Waals surface area contributed by atoms with Gasteiger partial charge in [0.05, 0.1) is 6.20 Å². The predicted molar refractivity (Wildman–Crippen MR) is 80.4 cm³/mol. The van der Waals surface area contributed by atoms with E-state index >= 15 is 0 Å². The molecule has 8 heteroatoms. The number of benzene rings is 1. The molecule has 118 valence electrons. The monoisotopic (exact) mass is 325 g/mol. The van der Waals surface area contributed by atoms with Gasteiger partial charge in [-0.1, -0.05) is 6.07 Å². The van der Waals surface area contributed by atoms with Crippen molar-refractivity contribution in [1.82, 2.24) is 14.8 Å². The summed E-state index contributed by atoms with van der Waals surface area (Å²) in [6.07, 6.45) is 2.81. The Balaban J connectivity index is 1.97. The molecule has 2 aromatic heterocycles. The number of halogens is 2. The van der Waals surface area contributed by atoms with Gasteiger partial charge in [0.1, 0.15) is 11.6 Å². The molecule has 0 aliphatic carbocycles. The second kappa shape index (κ2) is 6.26. The van der Waals surface area contributed by atoms with Gasteiger partial charge in [0.15, 0.2) is 23.3 Å². The third-order valence-corrected chi connectivity index (χ3v) is 3.17. The number of nitriles is 1. The molecule has 0 aliphatic rings. The Morgan fingerprint density at radius 1 is 1.21 bits per heavy atom. The lowest BCUT2D eigenvalue weighted by atomic mass is 10.2. The molecule has 0 spiro atoms. The Morgan fingerprint density at radius 2 is 2.04 bits per heavy atom. The van der Waals surface area contributed by atoms with Gasteiger partial charge >= 0.3 is 0 Å². The fraction of sp³-hybridized carbons (Fsp3) is 0. The summed E-state index contributed by atoms with van der Waals surface area (Å²) in [5.74, 6) is -2.42. The number of hydrogen-bond acceptors (Lipinski definition) is 4. The fourth-order valence-corrected chi connectivity index (χ4v) is 2.02. The van der Waals surface area contributed by atoms with Crippen molar-refractivity contribution in [1.29, 1.82) is 5.26 Å². The number of anilines is 1. The molecule has 6 nitrogen and oxygen atoms in total. The third-order valence-electron chi connectivity index (χ3n) is 3.17. The maximum atomic E-state index is 13.3. The quantitative estimate of drug-likeness (QED) is 0.802. The van der Waals surface area contributed by atoms with Crippen LogP contribution in [0.1, 0.15) is 15.9 Å². The molecule has 0 unspecified atom stereocenters. The van der Waals surface area contributed by atoms with Crippen molar-refractivity contribution in [2.45, 2.75) is 0 Å². The lowest BCUT2D eigenvalue weighted by Crippen LogP contribution is -2.16. The molecule has 0 radical (unpaired) electrons. The molecule has 0 fully saturated rings. The summed E-state index contributed by atoms with van der Waals surface area (Å²) in [6, 6.07) is 9.74. The van der Waals surface area contributed by atoms with Gasteiger partial charge in [0.25, 0.3) is 5.91 Å². The molecular weight excluding hydrogens is 316 g/mol. The van der Waals surface area contributed by atoms with Crippen molar-refractivity contribution >= 4 is 11.7 Å². The summed E-state index contributed by atoms with van der Waals surface area (Å²) in [7, 11) is 0. The van der Waals surface area contributed by atoms with E-state index in [2.05, 4.69) is 15.4 Å². The summed E-state index contributed by atoms with van der Waals surface area (Å²) in [6.45, 7) is 0. The average molecular weight is 325 g/mol. The van der Waals surface area contributed by atoms with E-state index in [0.717, 1.165) is 18.2 Å². The van der Waals surface area contributed by atoms with E-state index in [1.54, 1.807) is 18.2 Å². The SMILES string of the molecule is N#Cc1cnn(-c2ccccn2)c1NC(=O)c1ccc(F)c(F)c1. The molecule has 0 aliphatic heterocycles. The van der Waals surface area contributed by atoms with E-state index in [1.807, 2.05) is 6.07 Å². The first kappa shape index (κ1) is 15.3. The smallest absolute Gasteiger partial charge is 0.256 e. The van der Waals surface area contributed by atoms with Crippen LogP contribution in [0, 0.1) is 23.0 Å². The molecule has 0 saturated heterocycles. The highest BCUT2D eigenvalue weighted by molar-refractivity contribution is 6.04. The molecule has 1 N–H and O–H groups in total. The van der Waals surface area contributed by atoms with E-state index < -0.39 is 17.5 Å². The van der Waals surface area contributed by atoms with Crippen LogP contribution in [0.5, 0.6) is 0 Å². The zero-order valence-electron chi connectivity index (χ0n) is 12.1. The largest absolute Gasteiger partial charge is 0.305 e. The van der Waals surface area contributed by atoms with Crippen LogP contribution in [0.3, 0.4) is 0 Å². The molecule has 2 heterocycles. The number of amides is 1. The van der Waals surface area contributed by atoms with Crippen LogP contribution in [0.2, 0.25) is 0 Å². The lowest BCUT2D eigenvalue weighted by molar-refractivity contribution is 0.102. The van der Waals surface area contributed by atoms with Gasteiger partial charge in [-0.2, -0.15) is 15.0 Å². The van der Waals surface area contributed by atoms with E-state index in [0.29, 0.717) is 5.82 Å². The summed E-state index contributed by atoms with van der Waals surface area (Å²) < 4.78 is 27.5. The van der Waals surface area contributed by atoms with Crippen molar-refractivity contribution in [2.75, 3.05) is 5.32 Å². The van der Waals surface area contributed by atoms with Crippen LogP contribution in [0.25, 0.3) is 5.82 Å². The van der Waals surface area contributed by atoms with Gasteiger partial charge in [-0.3, -0.25) is 4.79 Å². The normalized spacial score (nSPS) is 10.2. The van der Waals surface area contributed by atoms with Crippen LogP contribution in [-0.2, 0) is 0 Å². The van der Waals surface area contributed by atoms with Gasteiger partial charge in [0, 0.05) is 11.8 Å². The molecule has 3 rings (SSSR count). The van der Waals surface area contributed by atoms with Crippen molar-refractivity contribution in [3.8, 4) is 11.9 Å². The summed E-state index contributed by atoms with van der Waals surface area (Å²) in [5, 5.41) is 15.7. The Bertz CT molecular complexity index is 947. The minimum Gasteiger partial charge on any atom is -0.305 e. The Morgan fingerprint density at radius 3 is 2.71 bits per heavy atom. The third kappa shape index (κ3) is 2.83. The number of hydrogen-bond donors (Lipinski definition) is 1. The zero-order chi connectivity index (χ0) is 17.1. The number of rotatable bonds is 3. The molecule has 0 atom stereocenters. The van der Waals surface area contributed by atoms with Crippen LogP contribution in [-0.4, -0.2) is 20.7 Å². The lowest BCUT2D eigenvalue weighted by Gasteiger charge is -2.09. The summed E-state index contributed by atoms with van der Waals surface area (Å²) in [5.41, 5.74) is 0.0168. The number of carbonyl (C=O) groups is 1. The fourth-order valence-electron chi connectivity index (χ4n) is 2.02. The van der Waals surface area contributed by atoms with E-state index in [-0.39, 0.29) is 16.9 Å². The van der Waals surface area contributed by atoms with Gasteiger partial charge in [-0.05, 0) is 30.3 Å². The van der Waals surface area contributed by atoms with Crippen molar-refractivity contribution in [2.24, 2.45) is 0 Å². The van der Waals surface area contributed by atoms with E-state index in [1.165, 1.54) is 17.1 Å². The molecule has 0 bridgehead atoms. The first-order valence-corrected chi connectivity index (χ1v) is 6.76. The standard InChI is InChI=1S/C16H9F2N5O/c17-12-5-4-10(7-13(12)18)16(24)22-15-11(8-19)9-21-23(15)14-3-1-2-6-20-14/h1-7,9H,(H,22,24). The van der Waals surface area contributed by atoms with Gasteiger partial charge in [-0.15, -0.1) is 0 Å². The van der Waals surface area contributed by atoms with Crippen molar-refractivity contribution in [3.05, 3.63) is 71.6 Å². The van der Waals surface area contributed by atoms with Crippen molar-refractivity contribution < 1.29 is 13.6 Å². The highest BCUT2D eigenvalue weighted by atomic mass is 19.2. The molecule has 24 heavy (non-hydrogen) atoms. The first-order chi connectivity index (χ1) is 11.6. The topological polar surface area (TPSA) is 83.6 Å². The predicted octanol–water partition coefficient (Wildman–Crippen LogP) is 2.67. The van der Waals surface area contributed by atoms with Crippen LogP contribution in [0.4, 0.5) is 14.6 Å². The van der Waals surface area contributed by atoms with Crippen LogP contribution < -0.4 is 5.32 Å². The number of nitrogens with one attached hydrogen (secondary N) is 1. The number of pyridine rings is 1. The summed E-state index contributed by atoms with van der Waals surface area (Å²) >= 11 is 0. The Kier molecular flexibility index (Phi) is 3.99. The molecular formula is C16H9F2N5O. The van der Waals surface area contributed by atoms with Gasteiger partial charge < -0.3 is 5.32 Å². The van der Waals surface area contributed by atoms with Gasteiger partial charge in [0.2, 0.25) is 0 Å².